The van der Waals surface area contributed by atoms with Gasteiger partial charge in [0, 0.05) is 18.8 Å². The first-order valence-corrected chi connectivity index (χ1v) is 7.20. The first kappa shape index (κ1) is 14.5. The largest absolute Gasteiger partial charge is 0.326 e. The van der Waals surface area contributed by atoms with Crippen LogP contribution in [0.1, 0.15) is 23.7 Å². The van der Waals surface area contributed by atoms with Gasteiger partial charge in [-0.25, -0.2) is 4.98 Å². The van der Waals surface area contributed by atoms with Crippen LogP contribution < -0.4 is 5.73 Å². The van der Waals surface area contributed by atoms with E-state index >= 15 is 0 Å². The SMILES string of the molecule is CC(=O)N=Nc1nc(CCc2cccc(CN)c2)cs1. The average molecular weight is 288 g/mol. The molecule has 0 saturated heterocycles. The molecule has 1 aromatic carbocycles. The molecule has 2 aromatic rings. The Balaban J connectivity index is 1.95. The Hall–Kier alpha value is -1.92. The number of azo groups is 1. The Bertz CT molecular complexity index is 621. The molecule has 104 valence electrons. The minimum atomic E-state index is -0.319. The molecule has 0 radical (unpaired) electrons. The van der Waals surface area contributed by atoms with Gasteiger partial charge in [0.05, 0.1) is 5.69 Å². The van der Waals surface area contributed by atoms with Crippen LogP contribution in [0, 0.1) is 0 Å². The number of nitrogens with two attached hydrogens (primary N) is 1. The highest BCUT2D eigenvalue weighted by molar-refractivity contribution is 7.13. The first-order chi connectivity index (χ1) is 9.67. The van der Waals surface area contributed by atoms with Crippen molar-refractivity contribution >= 4 is 22.4 Å². The van der Waals surface area contributed by atoms with Crippen LogP contribution in [0.3, 0.4) is 0 Å². The van der Waals surface area contributed by atoms with Crippen LogP contribution in [0.25, 0.3) is 0 Å². The third-order valence-electron chi connectivity index (χ3n) is 2.71. The zero-order valence-electron chi connectivity index (χ0n) is 11.2. The molecule has 0 aliphatic carbocycles. The van der Waals surface area contributed by atoms with Crippen LogP contribution in [0.15, 0.2) is 39.9 Å². The number of aromatic nitrogens is 1. The van der Waals surface area contributed by atoms with Crippen LogP contribution in [0.5, 0.6) is 0 Å². The van der Waals surface area contributed by atoms with Crippen molar-refractivity contribution in [2.24, 2.45) is 16.0 Å². The van der Waals surface area contributed by atoms with Gasteiger partial charge in [-0.05, 0) is 24.0 Å². The van der Waals surface area contributed by atoms with Crippen molar-refractivity contribution in [2.75, 3.05) is 0 Å². The predicted octanol–water partition coefficient (Wildman–Crippen LogP) is 3.02. The van der Waals surface area contributed by atoms with Crippen LogP contribution in [0.2, 0.25) is 0 Å². The number of benzene rings is 1. The van der Waals surface area contributed by atoms with Gasteiger partial charge in [0.15, 0.2) is 0 Å². The van der Waals surface area contributed by atoms with E-state index < -0.39 is 0 Å². The molecule has 2 N–H and O–H groups in total. The van der Waals surface area contributed by atoms with Gasteiger partial charge < -0.3 is 5.73 Å². The van der Waals surface area contributed by atoms with Crippen LogP contribution in [-0.4, -0.2) is 10.9 Å². The van der Waals surface area contributed by atoms with Crippen LogP contribution in [0.4, 0.5) is 5.13 Å². The highest BCUT2D eigenvalue weighted by atomic mass is 32.1. The number of aryl methyl sites for hydroxylation is 2. The maximum absolute atomic E-state index is 10.7. The second-order valence-corrected chi connectivity index (χ2v) is 5.20. The van der Waals surface area contributed by atoms with E-state index in [1.165, 1.54) is 23.8 Å². The van der Waals surface area contributed by atoms with Crippen LogP contribution >= 0.6 is 11.3 Å². The zero-order chi connectivity index (χ0) is 14.4. The second kappa shape index (κ2) is 7.02. The number of hydrogen-bond acceptors (Lipinski definition) is 5. The summed E-state index contributed by atoms with van der Waals surface area (Å²) in [5.41, 5.74) is 8.97. The van der Waals surface area contributed by atoms with E-state index in [0.717, 1.165) is 24.1 Å². The molecule has 5 nitrogen and oxygen atoms in total. The smallest absolute Gasteiger partial charge is 0.261 e. The Morgan fingerprint density at radius 3 is 2.90 bits per heavy atom. The summed E-state index contributed by atoms with van der Waals surface area (Å²) in [4.78, 5) is 15.0. The highest BCUT2D eigenvalue weighted by Crippen LogP contribution is 2.20. The molecule has 2 rings (SSSR count). The number of carbonyl (C=O) groups is 1. The van der Waals surface area contributed by atoms with E-state index in [1.807, 2.05) is 17.5 Å². The molecule has 20 heavy (non-hydrogen) atoms. The molecule has 0 atom stereocenters. The van der Waals surface area contributed by atoms with Gasteiger partial charge in [-0.1, -0.05) is 24.3 Å². The molecular weight excluding hydrogens is 272 g/mol. The van der Waals surface area contributed by atoms with Gasteiger partial charge in [0.25, 0.3) is 5.91 Å². The Kier molecular flexibility index (Phi) is 5.09. The minimum Gasteiger partial charge on any atom is -0.326 e. The summed E-state index contributed by atoms with van der Waals surface area (Å²) in [7, 11) is 0. The molecule has 0 fully saturated rings. The van der Waals surface area contributed by atoms with Gasteiger partial charge in [0.2, 0.25) is 5.13 Å². The summed E-state index contributed by atoms with van der Waals surface area (Å²) >= 11 is 1.39. The number of carbonyl (C=O) groups excluding carboxylic acids is 1. The quantitative estimate of drug-likeness (QED) is 0.859. The summed E-state index contributed by atoms with van der Waals surface area (Å²) in [6, 6.07) is 8.24. The molecule has 0 unspecified atom stereocenters. The van der Waals surface area contributed by atoms with Gasteiger partial charge in [-0.15, -0.1) is 21.6 Å². The Morgan fingerprint density at radius 1 is 1.35 bits per heavy atom. The summed E-state index contributed by atoms with van der Waals surface area (Å²) in [5.74, 6) is -0.319. The molecule has 0 aliphatic rings. The van der Waals surface area contributed by atoms with E-state index in [0.29, 0.717) is 11.7 Å². The highest BCUT2D eigenvalue weighted by Gasteiger charge is 2.03. The Morgan fingerprint density at radius 2 is 2.15 bits per heavy atom. The van der Waals surface area contributed by atoms with E-state index in [4.69, 9.17) is 5.73 Å². The minimum absolute atomic E-state index is 0.319. The molecule has 1 heterocycles. The second-order valence-electron chi connectivity index (χ2n) is 4.36. The monoisotopic (exact) mass is 288 g/mol. The molecule has 0 spiro atoms. The third kappa shape index (κ3) is 4.32. The topological polar surface area (TPSA) is 80.7 Å². The average Bonchev–Trinajstić information content (AvgIpc) is 2.91. The van der Waals surface area contributed by atoms with Crippen molar-refractivity contribution in [1.29, 1.82) is 0 Å². The lowest BCUT2D eigenvalue weighted by Gasteiger charge is -2.02. The molecular formula is C14H16N4OS. The first-order valence-electron chi connectivity index (χ1n) is 6.32. The number of hydrogen-bond donors (Lipinski definition) is 1. The Labute approximate surface area is 121 Å². The van der Waals surface area contributed by atoms with Crippen molar-refractivity contribution < 1.29 is 4.79 Å². The van der Waals surface area contributed by atoms with Crippen molar-refractivity contribution in [3.05, 3.63) is 46.5 Å². The fourth-order valence-electron chi connectivity index (χ4n) is 1.75. The lowest BCUT2D eigenvalue weighted by molar-refractivity contribution is -0.116. The lowest BCUT2D eigenvalue weighted by atomic mass is 10.1. The molecule has 0 bridgehead atoms. The summed E-state index contributed by atoms with van der Waals surface area (Å²) in [5, 5.41) is 9.71. The maximum Gasteiger partial charge on any atom is 0.261 e. The summed E-state index contributed by atoms with van der Waals surface area (Å²) in [6.45, 7) is 1.92. The van der Waals surface area contributed by atoms with Crippen molar-refractivity contribution in [2.45, 2.75) is 26.3 Å². The predicted molar refractivity (Wildman–Crippen MR) is 79.1 cm³/mol. The van der Waals surface area contributed by atoms with Crippen molar-refractivity contribution in [3.8, 4) is 0 Å². The normalized spacial score (nSPS) is 11.1. The van der Waals surface area contributed by atoms with E-state index in [2.05, 4.69) is 27.3 Å². The third-order valence-corrected chi connectivity index (χ3v) is 3.49. The van der Waals surface area contributed by atoms with Crippen molar-refractivity contribution in [1.82, 2.24) is 4.98 Å². The number of amides is 1. The van der Waals surface area contributed by atoms with Crippen molar-refractivity contribution in [3.63, 3.8) is 0 Å². The fourth-order valence-corrected chi connectivity index (χ4v) is 2.42. The standard InChI is InChI=1S/C14H16N4OS/c1-10(19)17-18-14-16-13(9-20-14)6-5-11-3-2-4-12(7-11)8-15/h2-4,7,9H,5-6,8,15H2,1H3. The number of nitrogens with zero attached hydrogens (tertiary/aromatic N) is 3. The molecule has 0 aliphatic heterocycles. The molecule has 1 aromatic heterocycles. The fraction of sp³-hybridized carbons (Fsp3) is 0.286. The number of thiazole rings is 1. The van der Waals surface area contributed by atoms with E-state index in [9.17, 15) is 4.79 Å². The molecule has 6 heteroatoms. The zero-order valence-corrected chi connectivity index (χ0v) is 12.1. The lowest BCUT2D eigenvalue weighted by Crippen LogP contribution is -1.98. The van der Waals surface area contributed by atoms with E-state index in [-0.39, 0.29) is 5.91 Å². The van der Waals surface area contributed by atoms with Gasteiger partial charge in [0.1, 0.15) is 0 Å². The van der Waals surface area contributed by atoms with E-state index in [1.54, 1.807) is 0 Å². The molecule has 1 amide bonds. The van der Waals surface area contributed by atoms with Gasteiger partial charge in [-0.2, -0.15) is 0 Å². The summed E-state index contributed by atoms with van der Waals surface area (Å²) < 4.78 is 0. The van der Waals surface area contributed by atoms with Gasteiger partial charge in [-0.3, -0.25) is 4.79 Å². The molecule has 0 saturated carbocycles. The van der Waals surface area contributed by atoms with Gasteiger partial charge >= 0.3 is 0 Å². The number of rotatable bonds is 5. The van der Waals surface area contributed by atoms with Crippen LogP contribution in [-0.2, 0) is 24.2 Å². The summed E-state index contributed by atoms with van der Waals surface area (Å²) in [6.07, 6.45) is 1.74. The maximum atomic E-state index is 10.7.